The van der Waals surface area contributed by atoms with Gasteiger partial charge in [0.25, 0.3) is 0 Å². The first-order valence-electron chi connectivity index (χ1n) is 6.16. The first-order chi connectivity index (χ1) is 8.45. The average Bonchev–Trinajstić information content (AvgIpc) is 2.41. The molecule has 0 spiro atoms. The monoisotopic (exact) mass is 224 g/mol. The molecule has 0 heterocycles. The summed E-state index contributed by atoms with van der Waals surface area (Å²) in [6.45, 7) is 1.79. The van der Waals surface area contributed by atoms with E-state index in [0.29, 0.717) is 0 Å². The summed E-state index contributed by atoms with van der Waals surface area (Å²) in [5, 5.41) is 4.56. The molecule has 1 nitrogen and oxygen atoms in total. The summed E-state index contributed by atoms with van der Waals surface area (Å²) in [4.78, 5) is 0. The van der Waals surface area contributed by atoms with Gasteiger partial charge >= 0.3 is 0 Å². The van der Waals surface area contributed by atoms with Gasteiger partial charge in [0.2, 0.25) is 0 Å². The lowest BCUT2D eigenvalue weighted by molar-refractivity contribution is 0.637. The minimum Gasteiger partial charge on any atom is -0.237 e. The van der Waals surface area contributed by atoms with Crippen LogP contribution in [0.1, 0.15) is 17.5 Å². The molecule has 0 saturated carbocycles. The van der Waals surface area contributed by atoms with Gasteiger partial charge in [-0.2, -0.15) is 0 Å². The van der Waals surface area contributed by atoms with E-state index in [0.717, 1.165) is 25.9 Å². The molecule has 0 aromatic heterocycles. The predicted octanol–water partition coefficient (Wildman–Crippen LogP) is 3.42. The summed E-state index contributed by atoms with van der Waals surface area (Å²) >= 11 is 0. The van der Waals surface area contributed by atoms with Crippen LogP contribution in [0.25, 0.3) is 0 Å². The Morgan fingerprint density at radius 3 is 1.94 bits per heavy atom. The molecule has 2 rings (SSSR count). The molecule has 0 aliphatic heterocycles. The van der Waals surface area contributed by atoms with E-state index < -0.39 is 0 Å². The molecular formula is C16H18N. The maximum absolute atomic E-state index is 4.56. The third-order valence-electron chi connectivity index (χ3n) is 2.76. The van der Waals surface area contributed by atoms with Gasteiger partial charge in [0.05, 0.1) is 0 Å². The molecule has 0 saturated heterocycles. The van der Waals surface area contributed by atoms with Gasteiger partial charge in [0, 0.05) is 13.1 Å². The van der Waals surface area contributed by atoms with Crippen LogP contribution in [0.4, 0.5) is 0 Å². The highest BCUT2D eigenvalue weighted by atomic mass is 14.8. The molecule has 1 heteroatoms. The Balaban J connectivity index is 1.61. The van der Waals surface area contributed by atoms with Crippen molar-refractivity contribution < 1.29 is 0 Å². The van der Waals surface area contributed by atoms with Crippen molar-refractivity contribution in [1.82, 2.24) is 5.32 Å². The standard InChI is InChI=1S/C16H18N/c1-3-8-15(9-4-1)12-7-13-17-14-16-10-5-2-6-11-16/h1-6,8-11H,7,12-14H2. The van der Waals surface area contributed by atoms with E-state index >= 15 is 0 Å². The molecule has 0 amide bonds. The summed E-state index contributed by atoms with van der Waals surface area (Å²) < 4.78 is 0. The van der Waals surface area contributed by atoms with Gasteiger partial charge in [-0.15, -0.1) is 0 Å². The molecule has 0 bridgehead atoms. The molecular weight excluding hydrogens is 206 g/mol. The van der Waals surface area contributed by atoms with Crippen LogP contribution in [0, 0.1) is 0 Å². The molecule has 2 aromatic carbocycles. The van der Waals surface area contributed by atoms with Crippen molar-refractivity contribution in [2.24, 2.45) is 0 Å². The normalized spacial score (nSPS) is 10.4. The topological polar surface area (TPSA) is 14.1 Å². The van der Waals surface area contributed by atoms with E-state index in [1.54, 1.807) is 0 Å². The van der Waals surface area contributed by atoms with Gasteiger partial charge in [-0.05, 0) is 24.0 Å². The number of hydrogen-bond donors (Lipinski definition) is 0. The van der Waals surface area contributed by atoms with Crippen LogP contribution in [-0.2, 0) is 13.0 Å². The molecule has 0 fully saturated rings. The number of hydrogen-bond acceptors (Lipinski definition) is 0. The number of benzene rings is 2. The van der Waals surface area contributed by atoms with Crippen molar-refractivity contribution in [2.75, 3.05) is 6.54 Å². The van der Waals surface area contributed by atoms with Crippen LogP contribution in [0.2, 0.25) is 0 Å². The maximum atomic E-state index is 4.56. The molecule has 0 N–H and O–H groups in total. The third kappa shape index (κ3) is 4.41. The summed E-state index contributed by atoms with van der Waals surface area (Å²) in [5.74, 6) is 0. The fraction of sp³-hybridized carbons (Fsp3) is 0.250. The van der Waals surface area contributed by atoms with Crippen molar-refractivity contribution in [2.45, 2.75) is 19.4 Å². The largest absolute Gasteiger partial charge is 0.237 e. The Morgan fingerprint density at radius 2 is 1.29 bits per heavy atom. The lowest BCUT2D eigenvalue weighted by atomic mass is 10.1. The fourth-order valence-corrected chi connectivity index (χ4v) is 1.83. The Morgan fingerprint density at radius 1 is 0.706 bits per heavy atom. The van der Waals surface area contributed by atoms with E-state index in [1.165, 1.54) is 11.1 Å². The van der Waals surface area contributed by atoms with Crippen molar-refractivity contribution in [3.8, 4) is 0 Å². The van der Waals surface area contributed by atoms with E-state index in [9.17, 15) is 0 Å². The lowest BCUT2D eigenvalue weighted by Crippen LogP contribution is -2.07. The van der Waals surface area contributed by atoms with E-state index in [2.05, 4.69) is 59.9 Å². The smallest absolute Gasteiger partial charge is 0.0384 e. The third-order valence-corrected chi connectivity index (χ3v) is 2.76. The van der Waals surface area contributed by atoms with Crippen LogP contribution < -0.4 is 5.32 Å². The zero-order chi connectivity index (χ0) is 11.8. The van der Waals surface area contributed by atoms with Gasteiger partial charge in [0.1, 0.15) is 0 Å². The van der Waals surface area contributed by atoms with Crippen molar-refractivity contribution in [1.29, 1.82) is 0 Å². The first kappa shape index (κ1) is 11.9. The van der Waals surface area contributed by atoms with Gasteiger partial charge in [-0.25, -0.2) is 5.32 Å². The molecule has 2 aromatic rings. The Labute approximate surface area is 103 Å². The number of aryl methyl sites for hydroxylation is 1. The van der Waals surface area contributed by atoms with Crippen LogP contribution >= 0.6 is 0 Å². The van der Waals surface area contributed by atoms with Crippen molar-refractivity contribution in [3.05, 3.63) is 71.8 Å². The summed E-state index contributed by atoms with van der Waals surface area (Å²) in [7, 11) is 0. The molecule has 1 radical (unpaired) electrons. The molecule has 0 unspecified atom stereocenters. The van der Waals surface area contributed by atoms with Gasteiger partial charge in [-0.3, -0.25) is 0 Å². The van der Waals surface area contributed by atoms with Crippen molar-refractivity contribution >= 4 is 0 Å². The van der Waals surface area contributed by atoms with Gasteiger partial charge in [-0.1, -0.05) is 60.7 Å². The van der Waals surface area contributed by atoms with Crippen molar-refractivity contribution in [3.63, 3.8) is 0 Å². The molecule has 87 valence electrons. The second-order valence-electron chi connectivity index (χ2n) is 4.18. The molecule has 0 atom stereocenters. The predicted molar refractivity (Wildman–Crippen MR) is 71.9 cm³/mol. The average molecular weight is 224 g/mol. The minimum absolute atomic E-state index is 0.843. The highest BCUT2D eigenvalue weighted by Gasteiger charge is 1.94. The van der Waals surface area contributed by atoms with Crippen LogP contribution in [0.5, 0.6) is 0 Å². The highest BCUT2D eigenvalue weighted by Crippen LogP contribution is 2.02. The van der Waals surface area contributed by atoms with E-state index in [4.69, 9.17) is 0 Å². The molecule has 0 aliphatic rings. The summed E-state index contributed by atoms with van der Waals surface area (Å²) in [6, 6.07) is 21.0. The first-order valence-corrected chi connectivity index (χ1v) is 6.16. The quantitative estimate of drug-likeness (QED) is 0.667. The van der Waals surface area contributed by atoms with Gasteiger partial charge in [0.15, 0.2) is 0 Å². The Bertz CT molecular complexity index is 367. The SMILES string of the molecule is c1ccc(CCC[N]Cc2ccccc2)cc1. The van der Waals surface area contributed by atoms with Crippen LogP contribution in [0.3, 0.4) is 0 Å². The fourth-order valence-electron chi connectivity index (χ4n) is 1.83. The second-order valence-corrected chi connectivity index (χ2v) is 4.18. The number of rotatable bonds is 6. The van der Waals surface area contributed by atoms with Gasteiger partial charge < -0.3 is 0 Å². The Hall–Kier alpha value is -1.60. The maximum Gasteiger partial charge on any atom is 0.0384 e. The summed E-state index contributed by atoms with van der Waals surface area (Å²) in [6.07, 6.45) is 2.26. The molecule has 0 aliphatic carbocycles. The van der Waals surface area contributed by atoms with Crippen LogP contribution in [0.15, 0.2) is 60.7 Å². The second kappa shape index (κ2) is 6.87. The molecule has 17 heavy (non-hydrogen) atoms. The zero-order valence-corrected chi connectivity index (χ0v) is 10.0. The van der Waals surface area contributed by atoms with E-state index in [-0.39, 0.29) is 0 Å². The van der Waals surface area contributed by atoms with E-state index in [1.807, 2.05) is 6.07 Å². The number of nitrogens with zero attached hydrogens (tertiary/aromatic N) is 1. The minimum atomic E-state index is 0.843. The van der Waals surface area contributed by atoms with Crippen LogP contribution in [-0.4, -0.2) is 6.54 Å². The zero-order valence-electron chi connectivity index (χ0n) is 10.0. The summed E-state index contributed by atoms with van der Waals surface area (Å²) in [5.41, 5.74) is 2.70. The highest BCUT2D eigenvalue weighted by molar-refractivity contribution is 5.15. The Kier molecular flexibility index (Phi) is 4.80. The lowest BCUT2D eigenvalue weighted by Gasteiger charge is -2.03.